The largest absolute Gasteiger partial charge is 0.445 e. The zero-order valence-corrected chi connectivity index (χ0v) is 18.9. The van der Waals surface area contributed by atoms with Crippen LogP contribution >= 0.6 is 0 Å². The minimum absolute atomic E-state index is 0.192. The van der Waals surface area contributed by atoms with Gasteiger partial charge >= 0.3 is 6.09 Å². The summed E-state index contributed by atoms with van der Waals surface area (Å²) in [6.07, 6.45) is 0.162. The van der Waals surface area contributed by atoms with Crippen molar-refractivity contribution in [3.63, 3.8) is 0 Å². The number of aliphatic hydroxyl groups excluding tert-OH is 1. The average Bonchev–Trinajstić information content (AvgIpc) is 3.12. The van der Waals surface area contributed by atoms with Crippen molar-refractivity contribution in [3.05, 3.63) is 71.8 Å². The number of amides is 3. The van der Waals surface area contributed by atoms with Crippen molar-refractivity contribution in [1.29, 1.82) is 0 Å². The van der Waals surface area contributed by atoms with Gasteiger partial charge in [-0.1, -0.05) is 60.7 Å². The van der Waals surface area contributed by atoms with Crippen LogP contribution in [0.3, 0.4) is 0 Å². The molecule has 8 heteroatoms. The van der Waals surface area contributed by atoms with Crippen LogP contribution in [0.5, 0.6) is 0 Å². The van der Waals surface area contributed by atoms with Gasteiger partial charge < -0.3 is 25.0 Å². The van der Waals surface area contributed by atoms with Gasteiger partial charge in [0.25, 0.3) is 0 Å². The molecule has 2 N–H and O–H groups in total. The Balaban J connectivity index is 1.51. The highest BCUT2D eigenvalue weighted by Gasteiger charge is 2.29. The standard InChI is InChI=1S/C25H31N3O5/c1-19(21-11-6-3-7-12-21)23(30)26-22(17-29)24(31)27-13-8-14-28(16-15-27)25(32)33-18-20-9-4-2-5-10-20/h2-7,9-12,19,22,29H,8,13-18H2,1H3,(H,26,30)/t19?,22-/m0/s1. The quantitative estimate of drug-likeness (QED) is 0.669. The Morgan fingerprint density at radius 1 is 0.939 bits per heavy atom. The first-order valence-electron chi connectivity index (χ1n) is 11.2. The molecule has 0 spiro atoms. The molecule has 1 saturated heterocycles. The third-order valence-corrected chi connectivity index (χ3v) is 5.76. The zero-order chi connectivity index (χ0) is 23.6. The molecule has 1 aliphatic rings. The second kappa shape index (κ2) is 12.0. The average molecular weight is 454 g/mol. The molecular weight excluding hydrogens is 422 g/mol. The van der Waals surface area contributed by atoms with Gasteiger partial charge in [0.15, 0.2) is 0 Å². The number of carbonyl (C=O) groups excluding carboxylic acids is 3. The maximum Gasteiger partial charge on any atom is 0.410 e. The van der Waals surface area contributed by atoms with Gasteiger partial charge in [-0.2, -0.15) is 0 Å². The lowest BCUT2D eigenvalue weighted by Crippen LogP contribution is -2.52. The van der Waals surface area contributed by atoms with E-state index in [0.717, 1.165) is 11.1 Å². The molecule has 1 aliphatic heterocycles. The van der Waals surface area contributed by atoms with Crippen molar-refractivity contribution in [2.45, 2.75) is 31.9 Å². The first kappa shape index (κ1) is 24.3. The number of aliphatic hydroxyl groups is 1. The van der Waals surface area contributed by atoms with Gasteiger partial charge in [0, 0.05) is 26.2 Å². The van der Waals surface area contributed by atoms with Gasteiger partial charge in [-0.05, 0) is 24.5 Å². The summed E-state index contributed by atoms with van der Waals surface area (Å²) in [6, 6.07) is 17.7. The summed E-state index contributed by atoms with van der Waals surface area (Å²) in [7, 11) is 0. The van der Waals surface area contributed by atoms with E-state index in [1.54, 1.807) is 16.7 Å². The number of hydrogen-bond donors (Lipinski definition) is 2. The second-order valence-corrected chi connectivity index (χ2v) is 8.08. The van der Waals surface area contributed by atoms with E-state index in [4.69, 9.17) is 4.74 Å². The second-order valence-electron chi connectivity index (χ2n) is 8.08. The number of carbonyl (C=O) groups is 3. The van der Waals surface area contributed by atoms with Crippen molar-refractivity contribution >= 4 is 17.9 Å². The van der Waals surface area contributed by atoms with E-state index in [9.17, 15) is 19.5 Å². The van der Waals surface area contributed by atoms with Crippen LogP contribution in [0, 0.1) is 0 Å². The monoisotopic (exact) mass is 453 g/mol. The van der Waals surface area contributed by atoms with Crippen molar-refractivity contribution in [2.24, 2.45) is 0 Å². The summed E-state index contributed by atoms with van der Waals surface area (Å²) >= 11 is 0. The third kappa shape index (κ3) is 6.79. The van der Waals surface area contributed by atoms with Crippen molar-refractivity contribution in [3.8, 4) is 0 Å². The molecule has 1 heterocycles. The molecule has 3 amide bonds. The highest BCUT2D eigenvalue weighted by molar-refractivity contribution is 5.90. The molecule has 0 saturated carbocycles. The summed E-state index contributed by atoms with van der Waals surface area (Å²) in [5.41, 5.74) is 1.74. The molecule has 2 atom stereocenters. The molecule has 0 aromatic heterocycles. The molecule has 176 valence electrons. The van der Waals surface area contributed by atoms with Crippen LogP contribution in [0.15, 0.2) is 60.7 Å². The molecule has 1 unspecified atom stereocenters. The molecule has 2 aromatic rings. The van der Waals surface area contributed by atoms with Gasteiger partial charge in [-0.3, -0.25) is 9.59 Å². The third-order valence-electron chi connectivity index (χ3n) is 5.76. The van der Waals surface area contributed by atoms with Gasteiger partial charge in [0.2, 0.25) is 11.8 Å². The first-order valence-corrected chi connectivity index (χ1v) is 11.2. The van der Waals surface area contributed by atoms with E-state index >= 15 is 0 Å². The van der Waals surface area contributed by atoms with Gasteiger partial charge in [-0.15, -0.1) is 0 Å². The van der Waals surface area contributed by atoms with Crippen molar-refractivity contribution < 1.29 is 24.2 Å². The van der Waals surface area contributed by atoms with Crippen LogP contribution in [0.2, 0.25) is 0 Å². The first-order chi connectivity index (χ1) is 16.0. The Bertz CT molecular complexity index is 922. The van der Waals surface area contributed by atoms with E-state index in [1.165, 1.54) is 0 Å². The smallest absolute Gasteiger partial charge is 0.410 e. The van der Waals surface area contributed by atoms with Crippen LogP contribution in [-0.4, -0.2) is 71.6 Å². The lowest BCUT2D eigenvalue weighted by Gasteiger charge is -2.26. The van der Waals surface area contributed by atoms with E-state index in [-0.39, 0.29) is 18.4 Å². The molecule has 8 nitrogen and oxygen atoms in total. The fourth-order valence-corrected chi connectivity index (χ4v) is 3.73. The summed E-state index contributed by atoms with van der Waals surface area (Å²) in [6.45, 7) is 2.99. The highest BCUT2D eigenvalue weighted by Crippen LogP contribution is 2.15. The van der Waals surface area contributed by atoms with E-state index < -0.39 is 24.7 Å². The lowest BCUT2D eigenvalue weighted by molar-refractivity contribution is -0.137. The van der Waals surface area contributed by atoms with Gasteiger partial charge in [0.05, 0.1) is 12.5 Å². The highest BCUT2D eigenvalue weighted by atomic mass is 16.6. The molecule has 1 fully saturated rings. The summed E-state index contributed by atoms with van der Waals surface area (Å²) in [4.78, 5) is 41.2. The van der Waals surface area contributed by atoms with Crippen LogP contribution in [0.25, 0.3) is 0 Å². The predicted molar refractivity (Wildman–Crippen MR) is 123 cm³/mol. The lowest BCUT2D eigenvalue weighted by atomic mass is 10.00. The van der Waals surface area contributed by atoms with Crippen molar-refractivity contribution in [1.82, 2.24) is 15.1 Å². The Morgan fingerprint density at radius 2 is 1.55 bits per heavy atom. The molecule has 33 heavy (non-hydrogen) atoms. The molecule has 3 rings (SSSR count). The van der Waals surface area contributed by atoms with Crippen LogP contribution in [-0.2, 0) is 20.9 Å². The van der Waals surface area contributed by atoms with Gasteiger partial charge in [-0.25, -0.2) is 4.79 Å². The number of nitrogens with one attached hydrogen (secondary N) is 1. The van der Waals surface area contributed by atoms with Crippen LogP contribution in [0.1, 0.15) is 30.4 Å². The van der Waals surface area contributed by atoms with Crippen LogP contribution in [0.4, 0.5) is 4.79 Å². The minimum Gasteiger partial charge on any atom is -0.445 e. The fourth-order valence-electron chi connectivity index (χ4n) is 3.73. The van der Waals surface area contributed by atoms with Crippen LogP contribution < -0.4 is 5.32 Å². The Labute approximate surface area is 194 Å². The SMILES string of the molecule is CC(C(=O)N[C@@H](CO)C(=O)N1CCCN(C(=O)OCc2ccccc2)CC1)c1ccccc1. The normalized spacial score (nSPS) is 15.8. The maximum atomic E-state index is 13.0. The molecule has 0 bridgehead atoms. The topological polar surface area (TPSA) is 99.2 Å². The Hall–Kier alpha value is -3.39. The zero-order valence-electron chi connectivity index (χ0n) is 18.9. The maximum absolute atomic E-state index is 13.0. The predicted octanol–water partition coefficient (Wildman–Crippen LogP) is 2.14. The van der Waals surface area contributed by atoms with E-state index in [1.807, 2.05) is 60.7 Å². The summed E-state index contributed by atoms with van der Waals surface area (Å²) < 4.78 is 5.40. The molecular formula is C25H31N3O5. The molecule has 2 aromatic carbocycles. The molecule has 0 aliphatic carbocycles. The fraction of sp³-hybridized carbons (Fsp3) is 0.400. The number of nitrogens with zero attached hydrogens (tertiary/aromatic N) is 2. The summed E-state index contributed by atoms with van der Waals surface area (Å²) in [5.74, 6) is -1.13. The Kier molecular flexibility index (Phi) is 8.83. The molecule has 0 radical (unpaired) electrons. The Morgan fingerprint density at radius 3 is 2.21 bits per heavy atom. The van der Waals surface area contributed by atoms with Crippen molar-refractivity contribution in [2.75, 3.05) is 32.8 Å². The summed E-state index contributed by atoms with van der Waals surface area (Å²) in [5, 5.41) is 12.4. The van der Waals surface area contributed by atoms with E-state index in [2.05, 4.69) is 5.32 Å². The number of benzene rings is 2. The number of rotatable bonds is 7. The minimum atomic E-state index is -1.03. The number of ether oxygens (including phenoxy) is 1. The van der Waals surface area contributed by atoms with Gasteiger partial charge in [0.1, 0.15) is 12.6 Å². The number of hydrogen-bond acceptors (Lipinski definition) is 5. The van der Waals surface area contributed by atoms with E-state index in [0.29, 0.717) is 32.6 Å².